The number of ether oxygens (including phenoxy) is 1. The Kier molecular flexibility index (Phi) is 7.40. The number of hydrogen-bond donors (Lipinski definition) is 1. The van der Waals surface area contributed by atoms with E-state index in [0.29, 0.717) is 25.1 Å². The van der Waals surface area contributed by atoms with E-state index in [0.717, 1.165) is 36.5 Å². The first-order valence-electron chi connectivity index (χ1n) is 10.3. The van der Waals surface area contributed by atoms with E-state index in [1.165, 1.54) is 6.07 Å². The molecule has 168 valence electrons. The average molecular weight is 432 g/mol. The third-order valence-corrected chi connectivity index (χ3v) is 5.86. The van der Waals surface area contributed by atoms with Crippen LogP contribution >= 0.6 is 0 Å². The molecule has 0 radical (unpaired) electrons. The molecule has 0 saturated carbocycles. The van der Waals surface area contributed by atoms with Crippen molar-refractivity contribution in [3.05, 3.63) is 42.0 Å². The Balaban J connectivity index is 0.000000858. The van der Waals surface area contributed by atoms with Gasteiger partial charge in [-0.15, -0.1) is 0 Å². The molecule has 3 heterocycles. The van der Waals surface area contributed by atoms with Crippen LogP contribution in [0.4, 0.5) is 4.39 Å². The SMILES string of the molecule is Cc1cc(F)ccc1-c1nccn1[C@@H]1C[C@H]2CO[C@@H](CC(=O)N(C)C)CN2C1.O=CO. The van der Waals surface area contributed by atoms with E-state index in [1.807, 2.05) is 19.3 Å². The fraction of sp³-hybridized carbons (Fsp3) is 0.500. The van der Waals surface area contributed by atoms with Gasteiger partial charge in [0.05, 0.1) is 19.1 Å². The highest BCUT2D eigenvalue weighted by molar-refractivity contribution is 5.76. The van der Waals surface area contributed by atoms with Gasteiger partial charge in [-0.2, -0.15) is 0 Å². The van der Waals surface area contributed by atoms with Crippen molar-refractivity contribution in [2.75, 3.05) is 33.8 Å². The number of amides is 1. The van der Waals surface area contributed by atoms with E-state index < -0.39 is 0 Å². The maximum Gasteiger partial charge on any atom is 0.290 e. The van der Waals surface area contributed by atoms with Gasteiger partial charge < -0.3 is 19.3 Å². The Hall–Kier alpha value is -2.78. The van der Waals surface area contributed by atoms with E-state index >= 15 is 0 Å². The molecule has 1 aromatic heterocycles. The third-order valence-electron chi connectivity index (χ3n) is 5.86. The summed E-state index contributed by atoms with van der Waals surface area (Å²) in [6.07, 6.45) is 5.18. The number of hydrogen-bond acceptors (Lipinski definition) is 5. The summed E-state index contributed by atoms with van der Waals surface area (Å²) in [5.41, 5.74) is 1.84. The number of carbonyl (C=O) groups is 2. The Morgan fingerprint density at radius 1 is 1.35 bits per heavy atom. The molecule has 2 saturated heterocycles. The van der Waals surface area contributed by atoms with Crippen LogP contribution in [0.1, 0.15) is 24.4 Å². The maximum absolute atomic E-state index is 13.5. The van der Waals surface area contributed by atoms with Crippen LogP contribution < -0.4 is 0 Å². The van der Waals surface area contributed by atoms with Gasteiger partial charge >= 0.3 is 0 Å². The highest BCUT2D eigenvalue weighted by atomic mass is 19.1. The minimum absolute atomic E-state index is 0.0495. The summed E-state index contributed by atoms with van der Waals surface area (Å²) >= 11 is 0. The van der Waals surface area contributed by atoms with Crippen molar-refractivity contribution in [2.24, 2.45) is 0 Å². The zero-order valence-electron chi connectivity index (χ0n) is 18.1. The predicted molar refractivity (Wildman–Crippen MR) is 113 cm³/mol. The van der Waals surface area contributed by atoms with Gasteiger partial charge in [-0.1, -0.05) is 0 Å². The number of fused-ring (bicyclic) bond motifs is 1. The van der Waals surface area contributed by atoms with Gasteiger partial charge in [-0.25, -0.2) is 9.37 Å². The lowest BCUT2D eigenvalue weighted by Gasteiger charge is -2.35. The lowest BCUT2D eigenvalue weighted by molar-refractivity contribution is -0.134. The largest absolute Gasteiger partial charge is 0.483 e. The predicted octanol–water partition coefficient (Wildman–Crippen LogP) is 2.19. The topological polar surface area (TPSA) is 87.9 Å². The summed E-state index contributed by atoms with van der Waals surface area (Å²) < 4.78 is 21.7. The lowest BCUT2D eigenvalue weighted by Crippen LogP contribution is -2.47. The van der Waals surface area contributed by atoms with Crippen molar-refractivity contribution in [2.45, 2.75) is 38.0 Å². The molecule has 0 aliphatic carbocycles. The van der Waals surface area contributed by atoms with Crippen molar-refractivity contribution >= 4 is 12.4 Å². The van der Waals surface area contributed by atoms with Crippen LogP contribution in [0.2, 0.25) is 0 Å². The summed E-state index contributed by atoms with van der Waals surface area (Å²) in [6, 6.07) is 5.49. The molecule has 2 aliphatic rings. The molecular formula is C22H29FN4O4. The van der Waals surface area contributed by atoms with Crippen molar-refractivity contribution in [3.63, 3.8) is 0 Å². The minimum atomic E-state index is -0.250. The molecule has 0 bridgehead atoms. The number of carbonyl (C=O) groups excluding carboxylic acids is 1. The van der Waals surface area contributed by atoms with Gasteiger partial charge in [-0.3, -0.25) is 14.5 Å². The zero-order chi connectivity index (χ0) is 22.5. The molecule has 2 aliphatic heterocycles. The molecule has 4 rings (SSSR count). The molecule has 2 fully saturated rings. The number of aromatic nitrogens is 2. The average Bonchev–Trinajstić information content (AvgIpc) is 3.34. The normalized spacial score (nSPS) is 22.9. The van der Waals surface area contributed by atoms with Gasteiger partial charge in [0, 0.05) is 57.2 Å². The zero-order valence-corrected chi connectivity index (χ0v) is 18.1. The van der Waals surface area contributed by atoms with Gasteiger partial charge in [0.25, 0.3) is 6.47 Å². The van der Waals surface area contributed by atoms with Crippen molar-refractivity contribution < 1.29 is 23.8 Å². The molecule has 0 unspecified atom stereocenters. The molecule has 1 aromatic carbocycles. The Bertz CT molecular complexity index is 917. The Labute approximate surface area is 181 Å². The summed E-state index contributed by atoms with van der Waals surface area (Å²) in [5, 5.41) is 6.89. The maximum atomic E-state index is 13.5. The first-order valence-corrected chi connectivity index (χ1v) is 10.3. The third kappa shape index (κ3) is 5.29. The molecule has 31 heavy (non-hydrogen) atoms. The number of rotatable bonds is 4. The summed E-state index contributed by atoms with van der Waals surface area (Å²) in [5.74, 6) is 0.748. The van der Waals surface area contributed by atoms with Gasteiger partial charge in [0.2, 0.25) is 5.91 Å². The summed E-state index contributed by atoms with van der Waals surface area (Å²) in [7, 11) is 3.55. The smallest absolute Gasteiger partial charge is 0.290 e. The van der Waals surface area contributed by atoms with E-state index in [2.05, 4.69) is 14.5 Å². The quantitative estimate of drug-likeness (QED) is 0.746. The van der Waals surface area contributed by atoms with Crippen LogP contribution in [0.15, 0.2) is 30.6 Å². The van der Waals surface area contributed by atoms with Gasteiger partial charge in [-0.05, 0) is 37.1 Å². The number of halogens is 1. The molecule has 1 N–H and O–H groups in total. The molecule has 1 amide bonds. The number of benzene rings is 1. The van der Waals surface area contributed by atoms with Crippen LogP contribution in [0.3, 0.4) is 0 Å². The molecule has 9 heteroatoms. The second kappa shape index (κ2) is 10.0. The van der Waals surface area contributed by atoms with Crippen LogP contribution in [0.5, 0.6) is 0 Å². The lowest BCUT2D eigenvalue weighted by atomic mass is 10.1. The van der Waals surface area contributed by atoms with E-state index in [4.69, 9.17) is 14.6 Å². The number of aryl methyl sites for hydroxylation is 1. The van der Waals surface area contributed by atoms with Gasteiger partial charge in [0.15, 0.2) is 0 Å². The standard InChI is InChI=1S/C21H27FN4O2.CH2O2/c1-14-8-15(22)4-5-19(14)21-23-6-7-26(21)16-9-17-13-28-18(12-25(17)11-16)10-20(27)24(2)3;2-1-3/h4-8,16-18H,9-13H2,1-3H3;1H,(H,2,3)/t16-,17+,18+;/m1./s1. The van der Waals surface area contributed by atoms with Gasteiger partial charge in [0.1, 0.15) is 11.6 Å². The Morgan fingerprint density at radius 3 is 2.77 bits per heavy atom. The Morgan fingerprint density at radius 2 is 2.10 bits per heavy atom. The van der Waals surface area contributed by atoms with Crippen LogP contribution in [-0.4, -0.2) is 82.8 Å². The number of nitrogens with zero attached hydrogens (tertiary/aromatic N) is 4. The number of imidazole rings is 1. The minimum Gasteiger partial charge on any atom is -0.483 e. The highest BCUT2D eigenvalue weighted by Crippen LogP contribution is 2.34. The second-order valence-corrected chi connectivity index (χ2v) is 8.17. The monoisotopic (exact) mass is 432 g/mol. The van der Waals surface area contributed by atoms with Crippen LogP contribution in [0.25, 0.3) is 11.4 Å². The second-order valence-electron chi connectivity index (χ2n) is 8.17. The first kappa shape index (κ1) is 22.9. The fourth-order valence-corrected chi connectivity index (χ4v) is 4.31. The molecule has 2 aromatic rings. The van der Waals surface area contributed by atoms with Crippen molar-refractivity contribution in [1.29, 1.82) is 0 Å². The molecule has 0 spiro atoms. The first-order chi connectivity index (χ1) is 14.8. The number of morpholine rings is 1. The van der Waals surface area contributed by atoms with E-state index in [1.54, 1.807) is 31.1 Å². The molecule has 3 atom stereocenters. The molecule has 8 nitrogen and oxygen atoms in total. The van der Waals surface area contributed by atoms with Crippen LogP contribution in [-0.2, 0) is 14.3 Å². The summed E-state index contributed by atoms with van der Waals surface area (Å²) in [6.45, 7) is 4.00. The van der Waals surface area contributed by atoms with E-state index in [-0.39, 0.29) is 24.3 Å². The van der Waals surface area contributed by atoms with E-state index in [9.17, 15) is 9.18 Å². The van der Waals surface area contributed by atoms with Crippen molar-refractivity contribution in [1.82, 2.24) is 19.4 Å². The number of carboxylic acid groups (broad SMARTS) is 1. The fourth-order valence-electron chi connectivity index (χ4n) is 4.31. The highest BCUT2D eigenvalue weighted by Gasteiger charge is 2.39. The van der Waals surface area contributed by atoms with Crippen LogP contribution in [0, 0.1) is 12.7 Å². The van der Waals surface area contributed by atoms with Crippen molar-refractivity contribution in [3.8, 4) is 11.4 Å². The molecular weight excluding hydrogens is 403 g/mol. The summed E-state index contributed by atoms with van der Waals surface area (Å²) in [4.78, 5) is 29.0.